The van der Waals surface area contributed by atoms with Gasteiger partial charge in [0.2, 0.25) is 0 Å². The van der Waals surface area contributed by atoms with Crippen molar-refractivity contribution in [3.63, 3.8) is 0 Å². The number of methoxy groups -OCH3 is 1. The van der Waals surface area contributed by atoms with Crippen molar-refractivity contribution in [1.29, 1.82) is 5.26 Å². The van der Waals surface area contributed by atoms with Crippen molar-refractivity contribution in [2.45, 2.75) is 13.5 Å². The average Bonchev–Trinajstić information content (AvgIpc) is 3.23. The fraction of sp³-hybridized carbons (Fsp3) is 0.350. The van der Waals surface area contributed by atoms with Crippen molar-refractivity contribution in [2.75, 3.05) is 33.2 Å². The van der Waals surface area contributed by atoms with Gasteiger partial charge in [-0.15, -0.1) is 11.8 Å². The van der Waals surface area contributed by atoms with Crippen molar-refractivity contribution < 1.29 is 23.5 Å². The first-order valence-electron chi connectivity index (χ1n) is 8.90. The summed E-state index contributed by atoms with van der Waals surface area (Å²) >= 11 is 1.24. The zero-order chi connectivity index (χ0) is 21.1. The number of carbonyl (C=O) groups excluding carboxylic acids is 1. The van der Waals surface area contributed by atoms with E-state index in [1.807, 2.05) is 37.3 Å². The second-order valence-electron chi connectivity index (χ2n) is 5.61. The molecule has 2 aromatic rings. The molecule has 1 aromatic heterocycles. The molecule has 0 aliphatic heterocycles. The van der Waals surface area contributed by atoms with E-state index in [2.05, 4.69) is 10.5 Å². The molecule has 2 rings (SSSR count). The minimum absolute atomic E-state index is 0.0901. The molecule has 0 fully saturated rings. The Labute approximate surface area is 173 Å². The smallest absolute Gasteiger partial charge is 0.351 e. The molecule has 8 nitrogen and oxygen atoms in total. The van der Waals surface area contributed by atoms with E-state index in [-0.39, 0.29) is 25.3 Å². The van der Waals surface area contributed by atoms with E-state index in [0.717, 1.165) is 11.3 Å². The number of benzene rings is 1. The number of nitrogens with zero attached hydrogens (tertiary/aromatic N) is 2. The van der Waals surface area contributed by atoms with Crippen LogP contribution in [0.2, 0.25) is 0 Å². The maximum atomic E-state index is 12.1. The molecule has 0 radical (unpaired) electrons. The second kappa shape index (κ2) is 11.8. The highest BCUT2D eigenvalue weighted by molar-refractivity contribution is 8.02. The van der Waals surface area contributed by atoms with Crippen LogP contribution >= 0.6 is 11.8 Å². The molecule has 0 amide bonds. The third-order valence-corrected chi connectivity index (χ3v) is 4.54. The molecule has 0 saturated carbocycles. The van der Waals surface area contributed by atoms with Gasteiger partial charge in [0.25, 0.3) is 0 Å². The molecular weight excluding hydrogens is 394 g/mol. The number of hydrogen-bond donors (Lipinski definition) is 1. The summed E-state index contributed by atoms with van der Waals surface area (Å²) in [6.07, 6.45) is 1.76. The summed E-state index contributed by atoms with van der Waals surface area (Å²) in [5, 5.41) is 16.8. The van der Waals surface area contributed by atoms with Crippen LogP contribution in [-0.2, 0) is 20.8 Å². The summed E-state index contributed by atoms with van der Waals surface area (Å²) in [6, 6.07) is 11.1. The van der Waals surface area contributed by atoms with Crippen LogP contribution in [0, 0.1) is 11.3 Å². The summed E-state index contributed by atoms with van der Waals surface area (Å²) in [5.41, 5.74) is 1.47. The van der Waals surface area contributed by atoms with Gasteiger partial charge in [-0.25, -0.2) is 4.79 Å². The number of rotatable bonds is 11. The lowest BCUT2D eigenvalue weighted by atomic mass is 10.1. The molecule has 29 heavy (non-hydrogen) atoms. The summed E-state index contributed by atoms with van der Waals surface area (Å²) < 4.78 is 20.7. The summed E-state index contributed by atoms with van der Waals surface area (Å²) in [4.78, 5) is 12.1. The number of esters is 1. The minimum atomic E-state index is -0.694. The van der Waals surface area contributed by atoms with E-state index in [4.69, 9.17) is 18.7 Å². The van der Waals surface area contributed by atoms with E-state index >= 15 is 0 Å². The topological polar surface area (TPSA) is 107 Å². The van der Waals surface area contributed by atoms with Crippen LogP contribution in [0.15, 0.2) is 45.5 Å². The Balaban J connectivity index is 2.01. The zero-order valence-electron chi connectivity index (χ0n) is 16.6. The van der Waals surface area contributed by atoms with Crippen molar-refractivity contribution in [1.82, 2.24) is 10.5 Å². The number of nitriles is 1. The standard InChI is InChI=1S/C20H23N3O5S/c1-4-26-9-10-27-20(24)17(12-21)19(29-3)22-13-16-11-18(23-28-16)14-5-7-15(25-2)8-6-14/h5-8,11,22H,4,9-10,13H2,1-3H3/b19-17+. The molecule has 154 valence electrons. The van der Waals surface area contributed by atoms with E-state index < -0.39 is 5.97 Å². The van der Waals surface area contributed by atoms with Gasteiger partial charge in [0.15, 0.2) is 11.3 Å². The Kier molecular flexibility index (Phi) is 9.08. The van der Waals surface area contributed by atoms with Crippen molar-refractivity contribution in [3.8, 4) is 23.1 Å². The summed E-state index contributed by atoms with van der Waals surface area (Å²) in [6.45, 7) is 3.02. The monoisotopic (exact) mass is 417 g/mol. The Morgan fingerprint density at radius 1 is 1.31 bits per heavy atom. The van der Waals surface area contributed by atoms with Crippen molar-refractivity contribution in [3.05, 3.63) is 46.7 Å². The predicted octanol–water partition coefficient (Wildman–Crippen LogP) is 3.12. The van der Waals surface area contributed by atoms with Crippen LogP contribution in [0.1, 0.15) is 12.7 Å². The third-order valence-electron chi connectivity index (χ3n) is 3.78. The quantitative estimate of drug-likeness (QED) is 0.255. The molecule has 9 heteroatoms. The van der Waals surface area contributed by atoms with E-state index in [0.29, 0.717) is 23.1 Å². The SMILES string of the molecule is CCOCCOC(=O)/C(C#N)=C(\NCc1cc(-c2ccc(OC)cc2)no1)SC. The molecule has 0 aliphatic rings. The van der Waals surface area contributed by atoms with Crippen LogP contribution in [0.25, 0.3) is 11.3 Å². The highest BCUT2D eigenvalue weighted by atomic mass is 32.2. The van der Waals surface area contributed by atoms with Gasteiger partial charge in [-0.2, -0.15) is 5.26 Å². The van der Waals surface area contributed by atoms with Gasteiger partial charge >= 0.3 is 5.97 Å². The number of nitrogens with one attached hydrogen (secondary N) is 1. The normalized spacial score (nSPS) is 11.4. The highest BCUT2D eigenvalue weighted by Gasteiger charge is 2.17. The van der Waals surface area contributed by atoms with E-state index in [1.54, 1.807) is 19.4 Å². The van der Waals surface area contributed by atoms with Crippen LogP contribution in [0.4, 0.5) is 0 Å². The Morgan fingerprint density at radius 2 is 2.07 bits per heavy atom. The fourth-order valence-corrected chi connectivity index (χ4v) is 2.87. The van der Waals surface area contributed by atoms with Crippen molar-refractivity contribution >= 4 is 17.7 Å². The molecule has 0 unspecified atom stereocenters. The first-order chi connectivity index (χ1) is 14.1. The number of ether oxygens (including phenoxy) is 3. The molecule has 1 aromatic carbocycles. The molecule has 0 aliphatic carbocycles. The van der Waals surface area contributed by atoms with Gasteiger partial charge in [0, 0.05) is 18.2 Å². The first-order valence-corrected chi connectivity index (χ1v) is 10.1. The lowest BCUT2D eigenvalue weighted by Crippen LogP contribution is -2.18. The Hall–Kier alpha value is -2.96. The molecule has 0 bridgehead atoms. The number of aromatic nitrogens is 1. The molecule has 1 heterocycles. The van der Waals surface area contributed by atoms with Gasteiger partial charge in [-0.05, 0) is 37.4 Å². The Bertz CT molecular complexity index is 871. The van der Waals surface area contributed by atoms with Crippen LogP contribution in [-0.4, -0.2) is 44.3 Å². The molecule has 0 spiro atoms. The lowest BCUT2D eigenvalue weighted by molar-refractivity contribution is -0.140. The highest BCUT2D eigenvalue weighted by Crippen LogP contribution is 2.23. The van der Waals surface area contributed by atoms with Gasteiger partial charge in [-0.3, -0.25) is 0 Å². The van der Waals surface area contributed by atoms with Crippen LogP contribution < -0.4 is 10.1 Å². The lowest BCUT2D eigenvalue weighted by Gasteiger charge is -2.10. The number of hydrogen-bond acceptors (Lipinski definition) is 9. The van der Waals surface area contributed by atoms with Gasteiger partial charge < -0.3 is 24.1 Å². The predicted molar refractivity (Wildman–Crippen MR) is 109 cm³/mol. The van der Waals surface area contributed by atoms with Crippen LogP contribution in [0.3, 0.4) is 0 Å². The summed E-state index contributed by atoms with van der Waals surface area (Å²) in [5.74, 6) is 0.621. The largest absolute Gasteiger partial charge is 0.497 e. The number of carbonyl (C=O) groups is 1. The first kappa shape index (κ1) is 22.3. The van der Waals surface area contributed by atoms with E-state index in [1.165, 1.54) is 11.8 Å². The van der Waals surface area contributed by atoms with E-state index in [9.17, 15) is 10.1 Å². The minimum Gasteiger partial charge on any atom is -0.497 e. The Morgan fingerprint density at radius 3 is 2.69 bits per heavy atom. The average molecular weight is 417 g/mol. The molecular formula is C20H23N3O5S. The van der Waals surface area contributed by atoms with Gasteiger partial charge in [0.05, 0.1) is 25.3 Å². The zero-order valence-corrected chi connectivity index (χ0v) is 17.4. The van der Waals surface area contributed by atoms with Gasteiger partial charge in [0.1, 0.15) is 24.1 Å². The summed E-state index contributed by atoms with van der Waals surface area (Å²) in [7, 11) is 1.61. The van der Waals surface area contributed by atoms with Gasteiger partial charge in [-0.1, -0.05) is 5.16 Å². The molecule has 1 N–H and O–H groups in total. The molecule has 0 saturated heterocycles. The maximum Gasteiger partial charge on any atom is 0.351 e. The third kappa shape index (κ3) is 6.55. The fourth-order valence-electron chi connectivity index (χ4n) is 2.32. The van der Waals surface area contributed by atoms with Crippen LogP contribution in [0.5, 0.6) is 5.75 Å². The molecule has 0 atom stereocenters. The number of thioether (sulfide) groups is 1. The van der Waals surface area contributed by atoms with Crippen molar-refractivity contribution in [2.24, 2.45) is 0 Å². The maximum absolute atomic E-state index is 12.1. The second-order valence-corrected chi connectivity index (χ2v) is 6.43.